The predicted octanol–water partition coefficient (Wildman–Crippen LogP) is -47.0. The maximum Gasteiger partial charge on any atom is 1.00 e. The molecular formula is C51H73Na13O60S13. The molecule has 86 heteroatoms. The van der Waals surface area contributed by atoms with Gasteiger partial charge in [0.2, 0.25) is 135 Å². The Hall–Kier alpha value is 10.7. The molecule has 3 saturated carbocycles. The smallest absolute Gasteiger partial charge is 0.726 e. The number of ether oxygens (including phenoxy) is 8. The van der Waals surface area contributed by atoms with E-state index in [-0.39, 0.29) is 427 Å². The van der Waals surface area contributed by atoms with E-state index in [0.29, 0.717) is 36.2 Å². The Morgan fingerprint density at radius 2 is 0.584 bits per heavy atom. The van der Waals surface area contributed by atoms with Gasteiger partial charge in [0.25, 0.3) is 0 Å². The first-order chi connectivity index (χ1) is 55.9. The molecule has 4 aliphatic carbocycles. The van der Waals surface area contributed by atoms with E-state index in [2.05, 4.69) is 82.1 Å². The van der Waals surface area contributed by atoms with Gasteiger partial charge in [0, 0.05) is 0 Å². The topological polar surface area (TPSA) is 937 Å². The largest absolute Gasteiger partial charge is 1.00 e. The summed E-state index contributed by atoms with van der Waals surface area (Å²) in [5, 5.41) is 0. The molecule has 60 nitrogen and oxygen atoms in total. The number of fused-ring (bicyclic) bond motifs is 5. The average Bonchev–Trinajstić information content (AvgIpc) is 1.62. The zero-order valence-electron chi connectivity index (χ0n) is 76.1. The predicted molar refractivity (Wildman–Crippen MR) is 361 cm³/mol. The standard InChI is InChI=1S/C51H86O60S13.13Na/c1-22(2)7-6-8-23(3)27-11-12-28-26-10-9-24-17-25(13-15-50(24,4)29(26)14-16-51(27,28)5)95-46-42(40(107-120(76,77)78)36(105-118(70,71)72)32(96-46)20-93-114(58,59)60)102-48-44(110-123(85,86)87)39(35(104-117(67,68)69)31(98-48)19-92-113(55,56)57)100-47-43(109-122(82,83)84)38(34(103-116(64,65)66)30(97-47)18-91-112(52,53)54)101-49-45(111-124(88,89)90)41(108-121(79,80)81)37(106-119(73,74)75)33(99-49)21-94-115(61,62)63;;;;;;;;;;;;;/h9,22-23,25-49H,6-8,10-21H2,1-5H3,(H,52,53,54)(H,55,56,57)(H,58,59,60)(H,61,62,63)(H,64,65,66)(H,67,68,69)(H,70,71,72)(H,73,74,75)(H,76,77,78)(H,79,80,81)(H,82,83,84)(H,85,86,87)(H,88,89,90);;;;;;;;;;;;;/q;13*+1/p-13/t23-,25+,26+,27-,28+,29+,30-,31-,32-,33-,34-,35-,36-,37-,38+,39+,40+,41+,42+,43+,44+,45+,46+,47-,48-,49-,50+,51-;;;;;;;;;;;;;/m1............./s1. The summed E-state index contributed by atoms with van der Waals surface area (Å²) in [7, 11) is -88.2. The van der Waals surface area contributed by atoms with Crippen LogP contribution in [-0.2, 0) is 227 Å². The molecule has 7 fully saturated rings. The van der Waals surface area contributed by atoms with Crippen LogP contribution in [0.5, 0.6) is 0 Å². The molecule has 0 radical (unpaired) electrons. The summed E-state index contributed by atoms with van der Waals surface area (Å²) in [6.07, 6.45) is -69.0. The minimum absolute atomic E-state index is 0. The zero-order chi connectivity index (χ0) is 93.8. The van der Waals surface area contributed by atoms with E-state index in [1.807, 2.05) is 13.0 Å². The van der Waals surface area contributed by atoms with Crippen molar-refractivity contribution in [2.75, 3.05) is 26.4 Å². The van der Waals surface area contributed by atoms with E-state index in [9.17, 15) is 169 Å². The summed E-state index contributed by atoms with van der Waals surface area (Å²) in [5.74, 6) is 1.33. The van der Waals surface area contributed by atoms with Crippen LogP contribution in [-0.4, -0.2) is 324 Å². The van der Waals surface area contributed by atoms with Crippen LogP contribution in [0.15, 0.2) is 11.6 Å². The molecule has 28 atom stereocenters. The van der Waals surface area contributed by atoms with Crippen LogP contribution in [0.25, 0.3) is 0 Å². The Morgan fingerprint density at radius 1 is 0.314 bits per heavy atom. The first-order valence-electron chi connectivity index (χ1n) is 35.1. The first-order valence-corrected chi connectivity index (χ1v) is 52.4. The molecule has 8 rings (SSSR count). The number of hydrogen-bond acceptors (Lipinski definition) is 60. The van der Waals surface area contributed by atoms with Crippen LogP contribution in [0.3, 0.4) is 0 Å². The van der Waals surface area contributed by atoms with E-state index < -0.39 is 296 Å². The van der Waals surface area contributed by atoms with Crippen molar-refractivity contribution in [3.63, 3.8) is 0 Å². The molecule has 0 N–H and O–H groups in total. The van der Waals surface area contributed by atoms with Crippen molar-refractivity contribution in [2.45, 2.75) is 234 Å². The third-order valence-corrected chi connectivity index (χ3v) is 27.2. The second-order valence-electron chi connectivity index (χ2n) is 29.8. The zero-order valence-corrected chi connectivity index (χ0v) is 113. The van der Waals surface area contributed by atoms with Gasteiger partial charge in [0.1, 0.15) is 79.4 Å². The summed E-state index contributed by atoms with van der Waals surface area (Å²) in [5.41, 5.74) is -0.270. The second-order valence-corrected chi connectivity index (χ2v) is 43.0. The van der Waals surface area contributed by atoms with Crippen LogP contribution in [0.4, 0.5) is 0 Å². The van der Waals surface area contributed by atoms with Crippen LogP contribution < -0.4 is 384 Å². The minimum Gasteiger partial charge on any atom is -0.726 e. The molecule has 0 bridgehead atoms. The van der Waals surface area contributed by atoms with E-state index in [4.69, 9.17) is 37.9 Å². The normalized spacial score (nSPS) is 33.0. The first kappa shape index (κ1) is 158. The van der Waals surface area contributed by atoms with Gasteiger partial charge in [0.05, 0.1) is 32.5 Å². The Morgan fingerprint density at radius 3 is 0.883 bits per heavy atom. The SMILES string of the molecule is CC(C)CCC[C@@H](C)[C@H]1CC[C@H]2[C@@H]3CC=C4C[C@@H](O[C@H]5O[C@H](COS(=O)(=O)[O-])[C@@H](OS(=O)(=O)[O-])[C@H](OS(=O)(=O)[O-])[C@@H]5O[C@H]5O[C@H](COS(=O)(=O)[O-])[C@@H](OS(=O)(=O)[O-])[C@H](O[C@H]6O[C@H](COS(=O)(=O)[O-])[C@@H](OS(=O)(=O)[O-])[C@H](O[C@H]7O[C@H](COS(=O)(=O)[O-])[C@@H](OS(=O)(=O)[O-])[C@H](OS(=O)(=O)[O-])[C@@H]7OS(=O)(=O)[O-])[C@@H]6OS(=O)(=O)[O-])[C@@H]5OS(=O)(=O)[O-])CC[C@]4(C)[C@H]3CC[C@]12C.[Na+].[Na+].[Na+].[Na+].[Na+].[Na+].[Na+].[Na+].[Na+].[Na+].[Na+].[Na+].[Na+]. The van der Waals surface area contributed by atoms with Gasteiger partial charge in [-0.05, 0) is 97.7 Å². The Bertz CT molecular complexity index is 5450. The van der Waals surface area contributed by atoms with Gasteiger partial charge < -0.3 is 97.1 Å². The molecule has 137 heavy (non-hydrogen) atoms. The number of hydrogen-bond donors (Lipinski definition) is 0. The molecule has 8 aliphatic rings. The van der Waals surface area contributed by atoms with Gasteiger partial charge >= 0.3 is 384 Å². The molecular weight excluding hydrogens is 2290 g/mol. The fourth-order valence-corrected chi connectivity index (χ4v) is 22.8. The van der Waals surface area contributed by atoms with Crippen molar-refractivity contribution < 1.29 is 645 Å². The van der Waals surface area contributed by atoms with E-state index in [0.717, 1.165) is 38.5 Å². The van der Waals surface area contributed by atoms with Crippen molar-refractivity contribution in [1.82, 2.24) is 0 Å². The molecule has 4 aliphatic heterocycles. The Kier molecular flexibility index (Phi) is 73.3. The van der Waals surface area contributed by atoms with Crippen LogP contribution in [0, 0.1) is 46.3 Å². The fraction of sp³-hybridized carbons (Fsp3) is 0.961. The minimum atomic E-state index is -7.23. The van der Waals surface area contributed by atoms with Gasteiger partial charge in [0.15, 0.2) is 43.5 Å². The second kappa shape index (κ2) is 63.4. The molecule has 4 heterocycles. The van der Waals surface area contributed by atoms with Gasteiger partial charge in [-0.3, -0.25) is 54.4 Å². The maximum atomic E-state index is 13.3. The summed E-state index contributed by atoms with van der Waals surface area (Å²) in [4.78, 5) is 0. The molecule has 0 unspecified atom stereocenters. The van der Waals surface area contributed by atoms with Crippen LogP contribution >= 0.6 is 0 Å². The summed E-state index contributed by atoms with van der Waals surface area (Å²) < 4.78 is 588. The van der Waals surface area contributed by atoms with Gasteiger partial charge in [-0.1, -0.05) is 65.5 Å². The Labute approximate surface area is 1080 Å². The van der Waals surface area contributed by atoms with Crippen molar-refractivity contribution in [3.8, 4) is 0 Å². The molecule has 0 aromatic carbocycles. The molecule has 0 aromatic rings. The summed E-state index contributed by atoms with van der Waals surface area (Å²) in [6.45, 7) is 1.15. The third-order valence-electron chi connectivity index (χ3n) is 21.4. The number of rotatable bonds is 43. The maximum absolute atomic E-state index is 13.3. The summed E-state index contributed by atoms with van der Waals surface area (Å²) >= 11 is 0. The van der Waals surface area contributed by atoms with Gasteiger partial charge in [-0.15, -0.1) is 0 Å². The third kappa shape index (κ3) is 51.7. The van der Waals surface area contributed by atoms with Gasteiger partial charge in [-0.2, -0.15) is 0 Å². The van der Waals surface area contributed by atoms with Crippen molar-refractivity contribution >= 4 is 135 Å². The van der Waals surface area contributed by atoms with Crippen molar-refractivity contribution in [1.29, 1.82) is 0 Å². The molecule has 0 aromatic heterocycles. The van der Waals surface area contributed by atoms with Gasteiger partial charge in [-0.25, -0.2) is 109 Å². The quantitative estimate of drug-likeness (QED) is 0.0237. The van der Waals surface area contributed by atoms with E-state index in [1.54, 1.807) is 0 Å². The Balaban J connectivity index is -0.00000330. The monoisotopic (exact) mass is 2360 g/mol. The van der Waals surface area contributed by atoms with Crippen molar-refractivity contribution in [3.05, 3.63) is 11.6 Å². The van der Waals surface area contributed by atoms with Crippen LogP contribution in [0.1, 0.15) is 105 Å². The van der Waals surface area contributed by atoms with E-state index >= 15 is 0 Å². The molecule has 0 spiro atoms. The van der Waals surface area contributed by atoms with E-state index in [1.165, 1.54) is 0 Å². The van der Waals surface area contributed by atoms with Crippen molar-refractivity contribution in [2.24, 2.45) is 46.3 Å². The fourth-order valence-electron chi connectivity index (χ4n) is 17.2. The van der Waals surface area contributed by atoms with Crippen LogP contribution in [0.2, 0.25) is 0 Å². The number of allylic oxidation sites excluding steroid dienone is 1. The summed E-state index contributed by atoms with van der Waals surface area (Å²) in [6, 6.07) is 0. The molecule has 728 valence electrons. The molecule has 4 saturated heterocycles. The molecule has 0 amide bonds. The average molecular weight is 2360 g/mol.